The normalized spacial score (nSPS) is 14.8. The Morgan fingerprint density at radius 1 is 1.17 bits per heavy atom. The molecule has 3 aromatic rings. The Labute approximate surface area is 167 Å². The third-order valence-corrected chi connectivity index (χ3v) is 5.27. The number of nitro benzene ring substituents is 1. The smallest absolute Gasteiger partial charge is 0.298 e. The van der Waals surface area contributed by atoms with E-state index in [1.54, 1.807) is 12.1 Å². The minimum absolute atomic E-state index is 0.0276. The van der Waals surface area contributed by atoms with Crippen LogP contribution in [0.5, 0.6) is 0 Å². The number of nitrogens with zero attached hydrogens (tertiary/aromatic N) is 3. The van der Waals surface area contributed by atoms with Gasteiger partial charge in [0.05, 0.1) is 11.3 Å². The lowest BCUT2D eigenvalue weighted by Gasteiger charge is -2.30. The number of amides is 1. The van der Waals surface area contributed by atoms with Crippen molar-refractivity contribution in [3.63, 3.8) is 0 Å². The molecule has 1 fully saturated rings. The Morgan fingerprint density at radius 2 is 1.90 bits per heavy atom. The highest BCUT2D eigenvalue weighted by Crippen LogP contribution is 2.26. The van der Waals surface area contributed by atoms with Gasteiger partial charge in [-0.1, -0.05) is 24.3 Å². The molecule has 29 heavy (non-hydrogen) atoms. The molecule has 1 aliphatic heterocycles. The molecule has 0 atom stereocenters. The molecule has 0 saturated carbocycles. The molecule has 1 N–H and O–H groups in total. The lowest BCUT2D eigenvalue weighted by atomic mass is 9.97. The molecule has 4 rings (SSSR count). The average Bonchev–Trinajstić information content (AvgIpc) is 3.17. The van der Waals surface area contributed by atoms with Crippen LogP contribution in [0.1, 0.15) is 18.4 Å². The summed E-state index contributed by atoms with van der Waals surface area (Å²) in [7, 11) is 0. The number of nitro groups is 1. The molecular formula is C21H22N4O4. The van der Waals surface area contributed by atoms with Crippen molar-refractivity contribution >= 4 is 28.7 Å². The van der Waals surface area contributed by atoms with E-state index in [0.717, 1.165) is 42.6 Å². The number of carbonyl (C=O) groups excluding carboxylic acids is 1. The number of fused-ring (bicyclic) bond motifs is 1. The number of hydrogen-bond acceptors (Lipinski definition) is 6. The van der Waals surface area contributed by atoms with Gasteiger partial charge in [-0.25, -0.2) is 0 Å². The second kappa shape index (κ2) is 8.30. The highest BCUT2D eigenvalue weighted by molar-refractivity contribution is 5.78. The minimum atomic E-state index is -0.447. The molecule has 0 bridgehead atoms. The molecule has 0 spiro atoms. The Morgan fingerprint density at radius 3 is 2.59 bits per heavy atom. The van der Waals surface area contributed by atoms with Crippen LogP contribution in [0.15, 0.2) is 52.9 Å². The Hall–Kier alpha value is -3.42. The van der Waals surface area contributed by atoms with E-state index in [4.69, 9.17) is 4.42 Å². The molecule has 2 heterocycles. The van der Waals surface area contributed by atoms with E-state index in [9.17, 15) is 14.9 Å². The summed E-state index contributed by atoms with van der Waals surface area (Å²) in [4.78, 5) is 29.1. The summed E-state index contributed by atoms with van der Waals surface area (Å²) in [6, 6.07) is 14.5. The van der Waals surface area contributed by atoms with Gasteiger partial charge >= 0.3 is 0 Å². The molecule has 0 unspecified atom stereocenters. The predicted octanol–water partition coefficient (Wildman–Crippen LogP) is 3.31. The molecule has 1 aliphatic rings. The first kappa shape index (κ1) is 18.9. The number of hydrogen-bond donors (Lipinski definition) is 1. The summed E-state index contributed by atoms with van der Waals surface area (Å²) in [5.74, 6) is 0.344. The van der Waals surface area contributed by atoms with Crippen molar-refractivity contribution in [1.82, 2.24) is 10.3 Å². The largest absolute Gasteiger partial charge is 0.423 e. The van der Waals surface area contributed by atoms with Crippen molar-refractivity contribution in [2.24, 2.45) is 5.92 Å². The minimum Gasteiger partial charge on any atom is -0.423 e. The fraction of sp³-hybridized carbons (Fsp3) is 0.333. The fourth-order valence-electron chi connectivity index (χ4n) is 3.57. The van der Waals surface area contributed by atoms with Crippen LogP contribution in [0.4, 0.5) is 11.7 Å². The van der Waals surface area contributed by atoms with Crippen molar-refractivity contribution in [3.8, 4) is 0 Å². The van der Waals surface area contributed by atoms with Crippen molar-refractivity contribution in [2.75, 3.05) is 24.5 Å². The van der Waals surface area contributed by atoms with Crippen molar-refractivity contribution in [3.05, 3.63) is 64.2 Å². The molecule has 8 nitrogen and oxygen atoms in total. The summed E-state index contributed by atoms with van der Waals surface area (Å²) in [5.41, 5.74) is 2.45. The van der Waals surface area contributed by atoms with Gasteiger partial charge in [-0.3, -0.25) is 14.9 Å². The second-order valence-corrected chi connectivity index (χ2v) is 7.30. The third kappa shape index (κ3) is 4.53. The zero-order valence-electron chi connectivity index (χ0n) is 15.9. The maximum atomic E-state index is 12.2. The van der Waals surface area contributed by atoms with Gasteiger partial charge in [0.2, 0.25) is 5.91 Å². The topological polar surface area (TPSA) is 102 Å². The Kier molecular flexibility index (Phi) is 5.41. The summed E-state index contributed by atoms with van der Waals surface area (Å²) >= 11 is 0. The lowest BCUT2D eigenvalue weighted by Crippen LogP contribution is -2.39. The standard InChI is InChI=1S/C21H22N4O4/c26-20(13-15-5-7-17(8-6-15)25(27)28)22-14-16-9-11-24(12-10-16)21-23-18-3-1-2-4-19(18)29-21/h1-8,16H,9-14H2,(H,22,26). The first-order valence-corrected chi connectivity index (χ1v) is 9.69. The quantitative estimate of drug-likeness (QED) is 0.508. The zero-order valence-corrected chi connectivity index (χ0v) is 15.9. The van der Waals surface area contributed by atoms with Gasteiger partial charge < -0.3 is 14.6 Å². The summed E-state index contributed by atoms with van der Waals surface area (Å²) < 4.78 is 5.83. The van der Waals surface area contributed by atoms with Gasteiger partial charge in [-0.05, 0) is 36.5 Å². The summed E-state index contributed by atoms with van der Waals surface area (Å²) in [5, 5.41) is 13.7. The summed E-state index contributed by atoms with van der Waals surface area (Å²) in [6.45, 7) is 2.32. The Bertz CT molecular complexity index is 974. The molecule has 1 saturated heterocycles. The van der Waals surface area contributed by atoms with Gasteiger partial charge in [0.1, 0.15) is 5.52 Å². The van der Waals surface area contributed by atoms with Crippen LogP contribution in [-0.4, -0.2) is 35.4 Å². The number of rotatable bonds is 6. The van der Waals surface area contributed by atoms with Gasteiger partial charge in [-0.15, -0.1) is 0 Å². The van der Waals surface area contributed by atoms with E-state index in [1.165, 1.54) is 12.1 Å². The Balaban J connectivity index is 1.23. The van der Waals surface area contributed by atoms with Crippen LogP contribution in [0, 0.1) is 16.0 Å². The van der Waals surface area contributed by atoms with E-state index in [-0.39, 0.29) is 18.0 Å². The van der Waals surface area contributed by atoms with Crippen LogP contribution >= 0.6 is 0 Å². The average molecular weight is 394 g/mol. The van der Waals surface area contributed by atoms with Crippen LogP contribution in [0.3, 0.4) is 0 Å². The van der Waals surface area contributed by atoms with Crippen molar-refractivity contribution in [1.29, 1.82) is 0 Å². The van der Waals surface area contributed by atoms with Crippen LogP contribution < -0.4 is 10.2 Å². The highest BCUT2D eigenvalue weighted by Gasteiger charge is 2.23. The van der Waals surface area contributed by atoms with Gasteiger partial charge in [0.25, 0.3) is 11.7 Å². The summed E-state index contributed by atoms with van der Waals surface area (Å²) in [6.07, 6.45) is 2.13. The third-order valence-electron chi connectivity index (χ3n) is 5.27. The first-order valence-electron chi connectivity index (χ1n) is 9.69. The van der Waals surface area contributed by atoms with E-state index in [2.05, 4.69) is 15.2 Å². The lowest BCUT2D eigenvalue weighted by molar-refractivity contribution is -0.384. The number of para-hydroxylation sites is 2. The molecule has 0 radical (unpaired) electrons. The molecule has 0 aliphatic carbocycles. The maximum absolute atomic E-state index is 12.2. The number of oxazole rings is 1. The zero-order chi connectivity index (χ0) is 20.2. The molecular weight excluding hydrogens is 372 g/mol. The number of non-ortho nitro benzene ring substituents is 1. The molecule has 1 aromatic heterocycles. The van der Waals surface area contributed by atoms with Gasteiger partial charge in [0, 0.05) is 31.8 Å². The molecule has 150 valence electrons. The van der Waals surface area contributed by atoms with E-state index in [1.807, 2.05) is 24.3 Å². The number of benzene rings is 2. The second-order valence-electron chi connectivity index (χ2n) is 7.30. The first-order chi connectivity index (χ1) is 14.1. The predicted molar refractivity (Wildman–Crippen MR) is 109 cm³/mol. The van der Waals surface area contributed by atoms with Gasteiger partial charge in [-0.2, -0.15) is 4.98 Å². The highest BCUT2D eigenvalue weighted by atomic mass is 16.6. The van der Waals surface area contributed by atoms with E-state index in [0.29, 0.717) is 18.5 Å². The van der Waals surface area contributed by atoms with Gasteiger partial charge in [0.15, 0.2) is 5.58 Å². The number of carbonyl (C=O) groups is 1. The number of piperidine rings is 1. The van der Waals surface area contributed by atoms with Crippen LogP contribution in [-0.2, 0) is 11.2 Å². The van der Waals surface area contributed by atoms with Crippen molar-refractivity contribution < 1.29 is 14.1 Å². The molecule has 1 amide bonds. The maximum Gasteiger partial charge on any atom is 0.298 e. The monoisotopic (exact) mass is 394 g/mol. The number of nitrogens with one attached hydrogen (secondary N) is 1. The number of anilines is 1. The number of aromatic nitrogens is 1. The van der Waals surface area contributed by atoms with E-state index < -0.39 is 4.92 Å². The van der Waals surface area contributed by atoms with Crippen molar-refractivity contribution in [2.45, 2.75) is 19.3 Å². The van der Waals surface area contributed by atoms with E-state index >= 15 is 0 Å². The SMILES string of the molecule is O=C(Cc1ccc([N+](=O)[O-])cc1)NCC1CCN(c2nc3ccccc3o2)CC1. The molecule has 8 heteroatoms. The fourth-order valence-corrected chi connectivity index (χ4v) is 3.57. The van der Waals surface area contributed by atoms with Crippen LogP contribution in [0.25, 0.3) is 11.1 Å². The molecule has 2 aromatic carbocycles. The van der Waals surface area contributed by atoms with Crippen LogP contribution in [0.2, 0.25) is 0 Å².